The molecule has 0 bridgehead atoms. The Labute approximate surface area is 170 Å². The number of hydrogen-bond acceptors (Lipinski definition) is 6. The highest BCUT2D eigenvalue weighted by atomic mass is 35.5. The lowest BCUT2D eigenvalue weighted by Crippen LogP contribution is -2.44. The van der Waals surface area contributed by atoms with Crippen LogP contribution >= 0.6 is 11.6 Å². The number of hydrogen-bond donors (Lipinski definition) is 2. The van der Waals surface area contributed by atoms with Crippen LogP contribution in [0.25, 0.3) is 16.9 Å². The van der Waals surface area contributed by atoms with Crippen molar-refractivity contribution in [2.45, 2.75) is 12.1 Å². The molecule has 9 nitrogen and oxygen atoms in total. The van der Waals surface area contributed by atoms with Crippen LogP contribution in [-0.2, 0) is 11.8 Å². The lowest BCUT2D eigenvalue weighted by atomic mass is 10.1. The van der Waals surface area contributed by atoms with E-state index in [4.69, 9.17) is 16.3 Å². The van der Waals surface area contributed by atoms with Crippen LogP contribution in [0.1, 0.15) is 10.4 Å². The molecule has 0 aliphatic carbocycles. The largest absolute Gasteiger partial charge is 0.388 e. The number of halogens is 1. The summed E-state index contributed by atoms with van der Waals surface area (Å²) < 4.78 is 7.82. The van der Waals surface area contributed by atoms with Gasteiger partial charge in [-0.15, -0.1) is 0 Å². The fraction of sp³-hybridized carbons (Fsp3) is 0.263. The van der Waals surface area contributed by atoms with Crippen molar-refractivity contribution in [3.8, 4) is 16.9 Å². The first-order chi connectivity index (χ1) is 13.9. The third-order valence-electron chi connectivity index (χ3n) is 4.60. The number of nitrogens with zero attached hydrogens (tertiary/aromatic N) is 4. The molecule has 2 atom stereocenters. The molecule has 3 heterocycles. The number of carbonyl (C=O) groups excluding carboxylic acids is 1. The van der Waals surface area contributed by atoms with Crippen molar-refractivity contribution in [3.63, 3.8) is 0 Å². The number of aliphatic hydroxyl groups excluding tert-OH is 1. The second-order valence-corrected chi connectivity index (χ2v) is 7.16. The number of ether oxygens (including phenoxy) is 1. The second-order valence-electron chi connectivity index (χ2n) is 6.72. The predicted molar refractivity (Wildman–Crippen MR) is 105 cm³/mol. The molecule has 1 aliphatic rings. The molecule has 150 valence electrons. The molecule has 4 rings (SSSR count). The molecule has 29 heavy (non-hydrogen) atoms. The normalized spacial score (nSPS) is 18.7. The lowest BCUT2D eigenvalue weighted by Gasteiger charge is -2.15. The fourth-order valence-corrected chi connectivity index (χ4v) is 3.16. The van der Waals surface area contributed by atoms with E-state index in [0.717, 1.165) is 4.68 Å². The Kier molecular flexibility index (Phi) is 5.18. The highest BCUT2D eigenvalue weighted by molar-refractivity contribution is 6.30. The van der Waals surface area contributed by atoms with Gasteiger partial charge in [0.25, 0.3) is 11.5 Å². The maximum atomic E-state index is 13.0. The van der Waals surface area contributed by atoms with Gasteiger partial charge in [0.1, 0.15) is 11.3 Å². The summed E-state index contributed by atoms with van der Waals surface area (Å²) in [6, 6.07) is 7.74. The van der Waals surface area contributed by atoms with E-state index in [1.165, 1.54) is 16.9 Å². The lowest BCUT2D eigenvalue weighted by molar-refractivity contribution is 0.0884. The number of nitrogens with one attached hydrogen (secondary N) is 1. The zero-order valence-electron chi connectivity index (χ0n) is 15.4. The molecule has 1 saturated heterocycles. The van der Waals surface area contributed by atoms with Crippen molar-refractivity contribution in [1.29, 1.82) is 0 Å². The van der Waals surface area contributed by atoms with Crippen molar-refractivity contribution < 1.29 is 14.6 Å². The standard InChI is InChI=1S/C19H18ClN5O4/c1-24-8-13(7-21-24)25-19(28)14(18(27)22-16-9-29-10-17(16)26)6-15(23-25)11-2-4-12(20)5-3-11/h2-8,16-17,26H,9-10H2,1H3,(H,22,27)/t16-,17+/m0/s1. The molecule has 10 heteroatoms. The smallest absolute Gasteiger partial charge is 0.284 e. The summed E-state index contributed by atoms with van der Waals surface area (Å²) in [5.74, 6) is -0.611. The SMILES string of the molecule is Cn1cc(-n2nc(-c3ccc(Cl)cc3)cc(C(=O)N[C@H]3COC[C@H]3O)c2=O)cn1. The van der Waals surface area contributed by atoms with E-state index in [0.29, 0.717) is 22.0 Å². The monoisotopic (exact) mass is 415 g/mol. The van der Waals surface area contributed by atoms with E-state index in [2.05, 4.69) is 15.5 Å². The second kappa shape index (κ2) is 7.78. The highest BCUT2D eigenvalue weighted by Crippen LogP contribution is 2.20. The highest BCUT2D eigenvalue weighted by Gasteiger charge is 2.29. The summed E-state index contributed by atoms with van der Waals surface area (Å²) in [7, 11) is 1.71. The number of rotatable bonds is 4. The first kappa shape index (κ1) is 19.3. The molecular formula is C19H18ClN5O4. The zero-order chi connectivity index (χ0) is 20.5. The molecule has 0 spiro atoms. The topological polar surface area (TPSA) is 111 Å². The van der Waals surface area contributed by atoms with Crippen LogP contribution in [0.4, 0.5) is 0 Å². The molecule has 0 unspecified atom stereocenters. The Hall–Kier alpha value is -3.01. The number of aryl methyl sites for hydroxylation is 1. The van der Waals surface area contributed by atoms with Crippen LogP contribution < -0.4 is 10.9 Å². The number of carbonyl (C=O) groups is 1. The quantitative estimate of drug-likeness (QED) is 0.651. The summed E-state index contributed by atoms with van der Waals surface area (Å²) in [4.78, 5) is 25.8. The van der Waals surface area contributed by atoms with Gasteiger partial charge >= 0.3 is 0 Å². The van der Waals surface area contributed by atoms with Gasteiger partial charge < -0.3 is 15.2 Å². The summed E-state index contributed by atoms with van der Waals surface area (Å²) in [6.45, 7) is 0.316. The minimum atomic E-state index is -0.822. The summed E-state index contributed by atoms with van der Waals surface area (Å²) in [5, 5.41) is 21.6. The van der Waals surface area contributed by atoms with E-state index >= 15 is 0 Å². The number of aliphatic hydroxyl groups is 1. The average molecular weight is 416 g/mol. The maximum absolute atomic E-state index is 13.0. The van der Waals surface area contributed by atoms with Crippen LogP contribution in [0.2, 0.25) is 5.02 Å². The molecule has 0 saturated carbocycles. The Morgan fingerprint density at radius 1 is 1.31 bits per heavy atom. The van der Waals surface area contributed by atoms with E-state index < -0.39 is 23.6 Å². The van der Waals surface area contributed by atoms with E-state index in [-0.39, 0.29) is 18.8 Å². The van der Waals surface area contributed by atoms with Crippen LogP contribution in [0.5, 0.6) is 0 Å². The Balaban J connectivity index is 1.80. The molecule has 1 fully saturated rings. The molecule has 1 aromatic carbocycles. The minimum Gasteiger partial charge on any atom is -0.388 e. The van der Waals surface area contributed by atoms with Gasteiger partial charge in [0.05, 0.1) is 43.4 Å². The maximum Gasteiger partial charge on any atom is 0.284 e. The van der Waals surface area contributed by atoms with E-state index in [9.17, 15) is 14.7 Å². The molecule has 3 aromatic rings. The first-order valence-corrected chi connectivity index (χ1v) is 9.26. The Morgan fingerprint density at radius 2 is 2.07 bits per heavy atom. The van der Waals surface area contributed by atoms with Crippen LogP contribution in [0, 0.1) is 0 Å². The fourth-order valence-electron chi connectivity index (χ4n) is 3.04. The van der Waals surface area contributed by atoms with Gasteiger partial charge in [-0.25, -0.2) is 0 Å². The van der Waals surface area contributed by atoms with Gasteiger partial charge in [-0.2, -0.15) is 14.9 Å². The van der Waals surface area contributed by atoms with Gasteiger partial charge in [-0.1, -0.05) is 23.7 Å². The van der Waals surface area contributed by atoms with Crippen molar-refractivity contribution in [2.24, 2.45) is 7.05 Å². The Morgan fingerprint density at radius 3 is 2.69 bits per heavy atom. The Bertz CT molecular complexity index is 1110. The van der Waals surface area contributed by atoms with Gasteiger partial charge in [-0.05, 0) is 18.2 Å². The molecule has 1 amide bonds. The summed E-state index contributed by atoms with van der Waals surface area (Å²) >= 11 is 5.96. The number of amides is 1. The third-order valence-corrected chi connectivity index (χ3v) is 4.85. The predicted octanol–water partition coefficient (Wildman–Crippen LogP) is 0.776. The first-order valence-electron chi connectivity index (χ1n) is 8.88. The van der Waals surface area contributed by atoms with Crippen molar-refractivity contribution >= 4 is 17.5 Å². The van der Waals surface area contributed by atoms with E-state index in [1.54, 1.807) is 37.5 Å². The van der Waals surface area contributed by atoms with E-state index in [1.807, 2.05) is 0 Å². The van der Waals surface area contributed by atoms with Gasteiger partial charge in [-0.3, -0.25) is 14.3 Å². The number of benzene rings is 1. The van der Waals surface area contributed by atoms with Gasteiger partial charge in [0.15, 0.2) is 0 Å². The molecule has 1 aliphatic heterocycles. The molecular weight excluding hydrogens is 398 g/mol. The van der Waals surface area contributed by atoms with Crippen LogP contribution in [0.15, 0.2) is 47.5 Å². The summed E-state index contributed by atoms with van der Waals surface area (Å²) in [5.41, 5.74) is 0.824. The van der Waals surface area contributed by atoms with Crippen molar-refractivity contribution in [2.75, 3.05) is 13.2 Å². The minimum absolute atomic E-state index is 0.104. The third kappa shape index (κ3) is 3.93. The zero-order valence-corrected chi connectivity index (χ0v) is 16.2. The number of aromatic nitrogens is 4. The van der Waals surface area contributed by atoms with Crippen LogP contribution in [-0.4, -0.2) is 55.9 Å². The van der Waals surface area contributed by atoms with Gasteiger partial charge in [0, 0.05) is 17.6 Å². The molecule has 2 aromatic heterocycles. The van der Waals surface area contributed by atoms with Crippen molar-refractivity contribution in [1.82, 2.24) is 24.9 Å². The summed E-state index contributed by atoms with van der Waals surface area (Å²) in [6.07, 6.45) is 2.28. The molecule has 0 radical (unpaired) electrons. The van der Waals surface area contributed by atoms with Crippen LogP contribution in [0.3, 0.4) is 0 Å². The van der Waals surface area contributed by atoms with Gasteiger partial charge in [0.2, 0.25) is 0 Å². The average Bonchev–Trinajstić information content (AvgIpc) is 3.31. The molecule has 2 N–H and O–H groups in total. The van der Waals surface area contributed by atoms with Crippen molar-refractivity contribution in [3.05, 3.63) is 63.7 Å².